The van der Waals surface area contributed by atoms with Crippen molar-refractivity contribution in [2.45, 2.75) is 6.54 Å². The van der Waals surface area contributed by atoms with Gasteiger partial charge in [-0.25, -0.2) is 92.8 Å². The first-order valence-electron chi connectivity index (χ1n) is 16.4. The van der Waals surface area contributed by atoms with E-state index in [0.717, 1.165) is 0 Å². The van der Waals surface area contributed by atoms with Crippen LogP contribution in [-0.4, -0.2) is 28.8 Å². The quantitative estimate of drug-likeness (QED) is 0.0346. The first kappa shape index (κ1) is 47.3. The summed E-state index contributed by atoms with van der Waals surface area (Å²) in [5, 5.41) is 8.63. The van der Waals surface area contributed by atoms with Crippen LogP contribution < -0.4 is 31.2 Å². The van der Waals surface area contributed by atoms with E-state index in [4.69, 9.17) is 9.84 Å². The number of carbonyl (C=O) groups excluding carboxylic acids is 1. The van der Waals surface area contributed by atoms with Crippen LogP contribution in [0, 0.1) is 116 Å². The third kappa shape index (κ3) is 7.75. The minimum absolute atomic E-state index is 0.00162. The molecule has 0 amide bonds. The summed E-state index contributed by atoms with van der Waals surface area (Å²) in [6, 6.07) is 9.06. The third-order valence-electron chi connectivity index (χ3n) is 9.08. The van der Waals surface area contributed by atoms with Crippen LogP contribution in [0.5, 0.6) is 5.88 Å². The number of Topliss-reactive ketones (excluding diaryl/α,β-unsaturated/α-hetero) is 1. The largest absolute Gasteiger partial charge is 0.446 e. The van der Waals surface area contributed by atoms with Crippen LogP contribution in [0.2, 0.25) is 0 Å². The summed E-state index contributed by atoms with van der Waals surface area (Å²) < 4.78 is 300. The Morgan fingerprint density at radius 1 is 0.476 bits per heavy atom. The summed E-state index contributed by atoms with van der Waals surface area (Å²) in [7, 11) is 0. The number of rotatable bonds is 9. The van der Waals surface area contributed by atoms with E-state index in [1.807, 2.05) is 18.2 Å². The fraction of sp³-hybridized carbons (Fsp3) is 0.0541. The Morgan fingerprint density at radius 2 is 0.762 bits per heavy atom. The van der Waals surface area contributed by atoms with Gasteiger partial charge in [0.15, 0.2) is 82.8 Å². The number of aliphatic hydroxyl groups is 1. The maximum Gasteiger partial charge on any atom is 0.282 e. The molecule has 1 aromatic heterocycles. The lowest BCUT2D eigenvalue weighted by Gasteiger charge is -2.44. The van der Waals surface area contributed by atoms with Gasteiger partial charge in [0.1, 0.15) is 52.7 Å². The number of hydrogen-bond donors (Lipinski definition) is 1. The minimum atomic E-state index is -7.22. The number of ether oxygens (including phenoxy) is 1. The SMILES string of the molecule is Fc1c(F)c(F)c([B-](c2c(F)c(F)c(F)c(F)c2F)(c2c(F)c(F)c(F)c(F)c2F)c2c(F)c(F)c(F)c(F)c2F)c(F)c1F.O=C(C[n+]1ccnc(OCO)c1)c1ccccc1. The number of aromatic nitrogens is 2. The number of halogens is 20. The van der Waals surface area contributed by atoms with Crippen molar-refractivity contribution < 1.29 is 107 Å². The highest BCUT2D eigenvalue weighted by molar-refractivity contribution is 7.20. The van der Waals surface area contributed by atoms with E-state index in [1.165, 1.54) is 6.20 Å². The highest BCUT2D eigenvalue weighted by Crippen LogP contribution is 2.30. The number of hydrogen-bond acceptors (Lipinski definition) is 4. The van der Waals surface area contributed by atoms with Crippen molar-refractivity contribution in [3.8, 4) is 5.88 Å². The molecule has 0 fully saturated rings. The topological polar surface area (TPSA) is 63.3 Å². The molecule has 26 heteroatoms. The second kappa shape index (κ2) is 17.9. The van der Waals surface area contributed by atoms with Gasteiger partial charge in [-0.1, -0.05) is 30.3 Å². The van der Waals surface area contributed by atoms with Gasteiger partial charge in [0, 0.05) is 5.56 Å². The monoisotopic (exact) mass is 924 g/mol. The minimum Gasteiger partial charge on any atom is -0.446 e. The average molecular weight is 924 g/mol. The second-order valence-electron chi connectivity index (χ2n) is 12.4. The number of carbonyl (C=O) groups is 1. The van der Waals surface area contributed by atoms with E-state index in [2.05, 4.69) is 4.98 Å². The van der Waals surface area contributed by atoms with E-state index in [1.54, 1.807) is 29.1 Å². The molecule has 0 spiro atoms. The summed E-state index contributed by atoms with van der Waals surface area (Å²) in [5.74, 6) is -71.1. The molecule has 332 valence electrons. The molecule has 0 radical (unpaired) electrons. The van der Waals surface area contributed by atoms with Crippen molar-refractivity contribution >= 4 is 33.8 Å². The van der Waals surface area contributed by atoms with Gasteiger partial charge in [-0.3, -0.25) is 4.79 Å². The van der Waals surface area contributed by atoms with Gasteiger partial charge < -0.3 is 9.84 Å². The zero-order valence-electron chi connectivity index (χ0n) is 29.8. The van der Waals surface area contributed by atoms with Gasteiger partial charge >= 0.3 is 0 Å². The van der Waals surface area contributed by atoms with Crippen LogP contribution in [0.15, 0.2) is 48.9 Å². The van der Waals surface area contributed by atoms with Crippen molar-refractivity contribution in [2.24, 2.45) is 0 Å². The lowest BCUT2D eigenvalue weighted by molar-refractivity contribution is -0.684. The normalized spacial score (nSPS) is 11.4. The van der Waals surface area contributed by atoms with E-state index in [-0.39, 0.29) is 18.2 Å². The van der Waals surface area contributed by atoms with Gasteiger partial charge in [0.05, 0.1) is 6.20 Å². The number of aliphatic hydroxyl groups excluding tert-OH is 1. The molecule has 0 saturated carbocycles. The van der Waals surface area contributed by atoms with Crippen molar-refractivity contribution in [1.82, 2.24) is 4.98 Å². The Morgan fingerprint density at radius 3 is 1.05 bits per heavy atom. The molecule has 0 atom stereocenters. The predicted octanol–water partition coefficient (Wildman–Crippen LogP) is 6.43. The maximum absolute atomic E-state index is 15.4. The van der Waals surface area contributed by atoms with Crippen LogP contribution in [0.1, 0.15) is 10.4 Å². The molecule has 1 N–H and O–H groups in total. The van der Waals surface area contributed by atoms with Gasteiger partial charge in [0.2, 0.25) is 18.5 Å². The number of ketones is 1. The van der Waals surface area contributed by atoms with Gasteiger partial charge in [-0.2, -0.15) is 4.57 Å². The fourth-order valence-corrected chi connectivity index (χ4v) is 6.41. The summed E-state index contributed by atoms with van der Waals surface area (Å²) in [6.45, 7) is -0.238. The summed E-state index contributed by atoms with van der Waals surface area (Å²) >= 11 is 0. The molecule has 1 heterocycles. The first-order valence-corrected chi connectivity index (χ1v) is 16.4. The Labute approximate surface area is 336 Å². The Balaban J connectivity index is 0.000000345. The lowest BCUT2D eigenvalue weighted by atomic mass is 9.12. The van der Waals surface area contributed by atoms with Gasteiger partial charge in [-0.05, 0) is 0 Å². The molecule has 63 heavy (non-hydrogen) atoms. The molecule has 0 aliphatic carbocycles. The Kier molecular flexibility index (Phi) is 13.5. The van der Waals surface area contributed by atoms with Gasteiger partial charge in [0.25, 0.3) is 5.88 Å². The Bertz CT molecular complexity index is 2430. The third-order valence-corrected chi connectivity index (χ3v) is 9.08. The summed E-state index contributed by atoms with van der Waals surface area (Å²) in [6.07, 6.45) is -2.46. The number of benzene rings is 5. The standard InChI is InChI=1S/C24BF20.C13H13N2O3/c26-5-1(6(27)14(35)21(42)13(5)34)25(2-7(28)15(36)22(43)16(37)8(2)29,3-9(30)17(38)23(44)18(39)10(3)31)4-11(32)19(40)24(45)20(41)12(4)33;16-10-18-13-9-15(7-6-14-13)8-12(17)11-4-2-1-3-5-11/h;1-7,9,16H,8,10H2/q-1;+1. The molecule has 0 aliphatic heterocycles. The van der Waals surface area contributed by atoms with Crippen LogP contribution in [0.3, 0.4) is 0 Å². The molecular weight excluding hydrogens is 911 g/mol. The average Bonchev–Trinajstić information content (AvgIpc) is 3.27. The molecule has 0 aliphatic rings. The zero-order valence-corrected chi connectivity index (χ0v) is 29.8. The molecule has 5 aromatic carbocycles. The molecule has 0 saturated heterocycles. The van der Waals surface area contributed by atoms with Crippen molar-refractivity contribution in [3.05, 3.63) is 171 Å². The van der Waals surface area contributed by atoms with Crippen LogP contribution in [-0.2, 0) is 6.54 Å². The van der Waals surface area contributed by atoms with Crippen LogP contribution in [0.25, 0.3) is 0 Å². The number of nitrogens with zero attached hydrogens (tertiary/aromatic N) is 2. The molecule has 5 nitrogen and oxygen atoms in total. The van der Waals surface area contributed by atoms with Crippen LogP contribution in [0.4, 0.5) is 87.8 Å². The van der Waals surface area contributed by atoms with Crippen molar-refractivity contribution in [1.29, 1.82) is 0 Å². The predicted molar refractivity (Wildman–Crippen MR) is 172 cm³/mol. The Hall–Kier alpha value is -6.73. The second-order valence-corrected chi connectivity index (χ2v) is 12.4. The molecule has 0 unspecified atom stereocenters. The van der Waals surface area contributed by atoms with Crippen LogP contribution >= 0.6 is 0 Å². The highest BCUT2D eigenvalue weighted by atomic mass is 19.2. The summed E-state index contributed by atoms with van der Waals surface area (Å²) in [4.78, 5) is 15.8. The summed E-state index contributed by atoms with van der Waals surface area (Å²) in [5.41, 5.74) is -13.7. The molecule has 6 aromatic rings. The van der Waals surface area contributed by atoms with Crippen molar-refractivity contribution in [3.63, 3.8) is 0 Å². The van der Waals surface area contributed by atoms with E-state index in [9.17, 15) is 57.5 Å². The van der Waals surface area contributed by atoms with E-state index < -0.39 is 151 Å². The highest BCUT2D eigenvalue weighted by Gasteiger charge is 2.52. The fourth-order valence-electron chi connectivity index (χ4n) is 6.41. The molecule has 6 rings (SSSR count). The molecule has 0 bridgehead atoms. The lowest BCUT2D eigenvalue weighted by Crippen LogP contribution is -2.81. The maximum atomic E-state index is 15.4. The van der Waals surface area contributed by atoms with Gasteiger partial charge in [-0.15, -0.1) is 21.9 Å². The van der Waals surface area contributed by atoms with E-state index >= 15 is 35.1 Å². The zero-order chi connectivity index (χ0) is 47.2. The first-order chi connectivity index (χ1) is 29.5. The smallest absolute Gasteiger partial charge is 0.282 e. The van der Waals surface area contributed by atoms with Crippen molar-refractivity contribution in [2.75, 3.05) is 6.79 Å². The molecular formula is C37H13BF20N2O3. The van der Waals surface area contributed by atoms with E-state index in [0.29, 0.717) is 5.56 Å².